The van der Waals surface area contributed by atoms with E-state index in [1.54, 1.807) is 12.1 Å². The van der Waals surface area contributed by atoms with Gasteiger partial charge in [0.15, 0.2) is 0 Å². The van der Waals surface area contributed by atoms with Crippen LogP contribution < -0.4 is 10.6 Å². The summed E-state index contributed by atoms with van der Waals surface area (Å²) >= 11 is 0. The molecular formula is C15H24N2O4. The Kier molecular flexibility index (Phi) is 7.56. The van der Waals surface area contributed by atoms with Crippen molar-refractivity contribution in [3.05, 3.63) is 23.8 Å². The lowest BCUT2D eigenvalue weighted by Crippen LogP contribution is -2.32. The highest BCUT2D eigenvalue weighted by Gasteiger charge is 2.13. The Morgan fingerprint density at radius 2 is 1.76 bits per heavy atom. The first-order valence-electron chi connectivity index (χ1n) is 7.13. The average Bonchev–Trinajstić information content (AvgIpc) is 2.46. The molecule has 0 unspecified atom stereocenters. The lowest BCUT2D eigenvalue weighted by molar-refractivity contribution is 0.0697. The molecule has 0 aliphatic heterocycles. The summed E-state index contributed by atoms with van der Waals surface area (Å²) in [5, 5.41) is 9.10. The summed E-state index contributed by atoms with van der Waals surface area (Å²) in [5.74, 6) is -0.967. The Hall–Kier alpha value is -1.79. The van der Waals surface area contributed by atoms with E-state index in [1.807, 2.05) is 18.7 Å². The molecule has 21 heavy (non-hydrogen) atoms. The number of carboxylic acids is 1. The van der Waals surface area contributed by atoms with Crippen molar-refractivity contribution in [3.8, 4) is 0 Å². The monoisotopic (exact) mass is 296 g/mol. The zero-order valence-electron chi connectivity index (χ0n) is 12.7. The zero-order valence-corrected chi connectivity index (χ0v) is 12.7. The summed E-state index contributed by atoms with van der Waals surface area (Å²) in [6.45, 7) is 7.53. The molecule has 0 radical (unpaired) electrons. The molecule has 6 heteroatoms. The number of nitrogens with zero attached hydrogens (tertiary/aromatic N) is 1. The summed E-state index contributed by atoms with van der Waals surface area (Å²) in [5.41, 5.74) is 7.45. The fraction of sp³-hybridized carbons (Fsp3) is 0.533. The first-order valence-corrected chi connectivity index (χ1v) is 7.13. The Morgan fingerprint density at radius 3 is 2.24 bits per heavy atom. The molecule has 0 aromatic heterocycles. The van der Waals surface area contributed by atoms with Crippen LogP contribution in [0.15, 0.2) is 18.2 Å². The molecule has 0 heterocycles. The van der Waals surface area contributed by atoms with Crippen LogP contribution in [-0.2, 0) is 9.47 Å². The minimum absolute atomic E-state index is 0.219. The van der Waals surface area contributed by atoms with Gasteiger partial charge in [-0.25, -0.2) is 4.79 Å². The number of hydrogen-bond acceptors (Lipinski definition) is 5. The number of aromatic carboxylic acids is 1. The zero-order chi connectivity index (χ0) is 15.7. The lowest BCUT2D eigenvalue weighted by atomic mass is 10.1. The molecule has 1 aromatic carbocycles. The van der Waals surface area contributed by atoms with Gasteiger partial charge in [-0.05, 0) is 32.0 Å². The van der Waals surface area contributed by atoms with Gasteiger partial charge in [0.05, 0.1) is 30.2 Å². The van der Waals surface area contributed by atoms with Crippen molar-refractivity contribution in [2.24, 2.45) is 0 Å². The molecule has 118 valence electrons. The second-order valence-corrected chi connectivity index (χ2v) is 4.46. The van der Waals surface area contributed by atoms with Crippen LogP contribution in [0.3, 0.4) is 0 Å². The highest BCUT2D eigenvalue weighted by atomic mass is 16.5. The van der Waals surface area contributed by atoms with Gasteiger partial charge in [0.25, 0.3) is 0 Å². The van der Waals surface area contributed by atoms with E-state index in [9.17, 15) is 4.79 Å². The van der Waals surface area contributed by atoms with Crippen LogP contribution in [0.2, 0.25) is 0 Å². The highest BCUT2D eigenvalue weighted by Crippen LogP contribution is 2.24. The summed E-state index contributed by atoms with van der Waals surface area (Å²) in [6.07, 6.45) is 0. The molecule has 1 aromatic rings. The van der Waals surface area contributed by atoms with Crippen molar-refractivity contribution < 1.29 is 19.4 Å². The van der Waals surface area contributed by atoms with Crippen LogP contribution in [0.4, 0.5) is 11.4 Å². The Balaban J connectivity index is 2.88. The van der Waals surface area contributed by atoms with Crippen molar-refractivity contribution in [1.82, 2.24) is 0 Å². The third kappa shape index (κ3) is 5.61. The first kappa shape index (κ1) is 17.3. The molecule has 1 rings (SSSR count). The number of carboxylic acid groups (broad SMARTS) is 1. The van der Waals surface area contributed by atoms with Crippen LogP contribution in [-0.4, -0.2) is 50.6 Å². The fourth-order valence-electron chi connectivity index (χ4n) is 1.94. The second-order valence-electron chi connectivity index (χ2n) is 4.46. The Labute approximate surface area is 125 Å². The molecule has 0 aliphatic carbocycles. The predicted octanol–water partition coefficient (Wildman–Crippen LogP) is 1.85. The molecule has 0 spiro atoms. The van der Waals surface area contributed by atoms with E-state index in [-0.39, 0.29) is 5.56 Å². The summed E-state index contributed by atoms with van der Waals surface area (Å²) in [4.78, 5) is 13.1. The van der Waals surface area contributed by atoms with E-state index < -0.39 is 5.97 Å². The maximum atomic E-state index is 11.1. The first-order chi connectivity index (χ1) is 10.1. The van der Waals surface area contributed by atoms with Gasteiger partial charge in [-0.1, -0.05) is 0 Å². The quantitative estimate of drug-likeness (QED) is 0.506. The topological polar surface area (TPSA) is 85.0 Å². The SMILES string of the molecule is CCOCCN(CCOCC)c1cc(C(=O)O)ccc1N. The van der Waals surface area contributed by atoms with E-state index in [0.29, 0.717) is 50.9 Å². The van der Waals surface area contributed by atoms with Gasteiger partial charge in [-0.3, -0.25) is 0 Å². The van der Waals surface area contributed by atoms with E-state index in [4.69, 9.17) is 20.3 Å². The minimum Gasteiger partial charge on any atom is -0.478 e. The normalized spacial score (nSPS) is 10.6. The Morgan fingerprint density at radius 1 is 1.19 bits per heavy atom. The third-order valence-electron chi connectivity index (χ3n) is 3.04. The standard InChI is InChI=1S/C15H24N2O4/c1-3-20-9-7-17(8-10-21-4-2)14-11-12(15(18)19)5-6-13(14)16/h5-6,11H,3-4,7-10,16H2,1-2H3,(H,18,19). The lowest BCUT2D eigenvalue weighted by Gasteiger charge is -2.26. The molecule has 0 bridgehead atoms. The van der Waals surface area contributed by atoms with Crippen molar-refractivity contribution in [2.45, 2.75) is 13.8 Å². The molecule has 0 saturated heterocycles. The van der Waals surface area contributed by atoms with Gasteiger partial charge in [0.1, 0.15) is 0 Å². The maximum Gasteiger partial charge on any atom is 0.335 e. The van der Waals surface area contributed by atoms with Crippen molar-refractivity contribution in [3.63, 3.8) is 0 Å². The summed E-state index contributed by atoms with van der Waals surface area (Å²) < 4.78 is 10.7. The van der Waals surface area contributed by atoms with Crippen LogP contribution in [0.5, 0.6) is 0 Å². The molecule has 0 atom stereocenters. The van der Waals surface area contributed by atoms with Crippen LogP contribution in [0.25, 0.3) is 0 Å². The van der Waals surface area contributed by atoms with Gasteiger partial charge >= 0.3 is 5.97 Å². The van der Waals surface area contributed by atoms with E-state index in [1.165, 1.54) is 6.07 Å². The molecule has 0 saturated carbocycles. The molecular weight excluding hydrogens is 272 g/mol. The average molecular weight is 296 g/mol. The number of nitrogen functional groups attached to an aromatic ring is 1. The molecule has 0 aliphatic rings. The van der Waals surface area contributed by atoms with Gasteiger partial charge < -0.3 is 25.2 Å². The number of carbonyl (C=O) groups is 1. The largest absolute Gasteiger partial charge is 0.478 e. The number of rotatable bonds is 10. The van der Waals surface area contributed by atoms with Gasteiger partial charge in [0.2, 0.25) is 0 Å². The smallest absolute Gasteiger partial charge is 0.335 e. The maximum absolute atomic E-state index is 11.1. The van der Waals surface area contributed by atoms with Crippen molar-refractivity contribution >= 4 is 17.3 Å². The van der Waals surface area contributed by atoms with Crippen molar-refractivity contribution in [1.29, 1.82) is 0 Å². The molecule has 0 fully saturated rings. The minimum atomic E-state index is -0.967. The number of hydrogen-bond donors (Lipinski definition) is 2. The van der Waals surface area contributed by atoms with Gasteiger partial charge in [-0.15, -0.1) is 0 Å². The third-order valence-corrected chi connectivity index (χ3v) is 3.04. The fourth-order valence-corrected chi connectivity index (χ4v) is 1.94. The second kappa shape index (κ2) is 9.20. The van der Waals surface area contributed by atoms with E-state index >= 15 is 0 Å². The van der Waals surface area contributed by atoms with Crippen LogP contribution in [0.1, 0.15) is 24.2 Å². The van der Waals surface area contributed by atoms with E-state index in [0.717, 1.165) is 0 Å². The van der Waals surface area contributed by atoms with Gasteiger partial charge in [-0.2, -0.15) is 0 Å². The summed E-state index contributed by atoms with van der Waals surface area (Å²) in [6, 6.07) is 4.72. The molecule has 0 amide bonds. The number of anilines is 2. The Bertz CT molecular complexity index is 441. The molecule has 6 nitrogen and oxygen atoms in total. The van der Waals surface area contributed by atoms with E-state index in [2.05, 4.69) is 0 Å². The van der Waals surface area contributed by atoms with Crippen LogP contribution in [0, 0.1) is 0 Å². The van der Waals surface area contributed by atoms with Crippen molar-refractivity contribution in [2.75, 3.05) is 50.2 Å². The summed E-state index contributed by atoms with van der Waals surface area (Å²) in [7, 11) is 0. The number of ether oxygens (including phenoxy) is 2. The molecule has 3 N–H and O–H groups in total. The number of benzene rings is 1. The highest BCUT2D eigenvalue weighted by molar-refractivity contribution is 5.90. The predicted molar refractivity (Wildman–Crippen MR) is 83.0 cm³/mol. The van der Waals surface area contributed by atoms with Crippen LogP contribution >= 0.6 is 0 Å². The van der Waals surface area contributed by atoms with Gasteiger partial charge in [0, 0.05) is 26.3 Å². The number of nitrogens with two attached hydrogens (primary N) is 1.